The number of alkyl halides is 3. The Bertz CT molecular complexity index is 390. The van der Waals surface area contributed by atoms with Gasteiger partial charge in [0.2, 0.25) is 0 Å². The molecule has 0 saturated heterocycles. The van der Waals surface area contributed by atoms with Crippen molar-refractivity contribution < 1.29 is 22.7 Å². The van der Waals surface area contributed by atoms with Crippen LogP contribution >= 0.6 is 11.8 Å². The number of hydrogen-bond acceptors (Lipinski definition) is 3. The van der Waals surface area contributed by atoms with E-state index in [1.807, 2.05) is 0 Å². The number of benzene rings is 1. The van der Waals surface area contributed by atoms with Crippen molar-refractivity contribution in [2.24, 2.45) is 5.73 Å². The van der Waals surface area contributed by atoms with Crippen LogP contribution in [0.15, 0.2) is 24.3 Å². The molecule has 3 N–H and O–H groups in total. The molecule has 1 rings (SSSR count). The zero-order valence-corrected chi connectivity index (χ0v) is 10.9. The van der Waals surface area contributed by atoms with Crippen molar-refractivity contribution in [2.45, 2.75) is 17.3 Å². The van der Waals surface area contributed by atoms with Gasteiger partial charge in [0.1, 0.15) is 5.82 Å². The van der Waals surface area contributed by atoms with Crippen molar-refractivity contribution in [2.75, 3.05) is 18.9 Å². The van der Waals surface area contributed by atoms with Crippen molar-refractivity contribution in [3.8, 4) is 0 Å². The minimum absolute atomic E-state index is 0.00640. The highest BCUT2D eigenvalue weighted by molar-refractivity contribution is 8.00. The van der Waals surface area contributed by atoms with E-state index in [9.17, 15) is 22.7 Å². The van der Waals surface area contributed by atoms with Crippen molar-refractivity contribution in [3.05, 3.63) is 35.6 Å². The molecular formula is C12H15F4NOS. The van der Waals surface area contributed by atoms with Crippen LogP contribution in [0.4, 0.5) is 17.6 Å². The van der Waals surface area contributed by atoms with Crippen molar-refractivity contribution >= 4 is 11.8 Å². The van der Waals surface area contributed by atoms with Crippen molar-refractivity contribution in [3.63, 3.8) is 0 Å². The molecule has 0 amide bonds. The summed E-state index contributed by atoms with van der Waals surface area (Å²) >= 11 is -0.152. The Balaban J connectivity index is 2.82. The fraction of sp³-hybridized carbons (Fsp3) is 0.500. The molecule has 1 aromatic rings. The van der Waals surface area contributed by atoms with E-state index in [0.29, 0.717) is 5.56 Å². The van der Waals surface area contributed by atoms with Gasteiger partial charge in [-0.2, -0.15) is 13.2 Å². The van der Waals surface area contributed by atoms with Crippen molar-refractivity contribution in [1.82, 2.24) is 0 Å². The van der Waals surface area contributed by atoms with Crippen LogP contribution in [0.1, 0.15) is 12.0 Å². The second kappa shape index (κ2) is 6.58. The summed E-state index contributed by atoms with van der Waals surface area (Å²) in [5, 5.41) is 9.46. The fourth-order valence-electron chi connectivity index (χ4n) is 1.76. The molecule has 0 heterocycles. The molecular weight excluding hydrogens is 282 g/mol. The molecule has 0 aliphatic carbocycles. The summed E-state index contributed by atoms with van der Waals surface area (Å²) < 4.78 is 49.2. The monoisotopic (exact) mass is 297 g/mol. The summed E-state index contributed by atoms with van der Waals surface area (Å²) in [6, 6.07) is 5.28. The van der Waals surface area contributed by atoms with E-state index < -0.39 is 16.7 Å². The van der Waals surface area contributed by atoms with Gasteiger partial charge in [-0.3, -0.25) is 0 Å². The lowest BCUT2D eigenvalue weighted by Crippen LogP contribution is -2.39. The molecule has 7 heteroatoms. The van der Waals surface area contributed by atoms with Crippen LogP contribution in [0.25, 0.3) is 0 Å². The van der Waals surface area contributed by atoms with Crippen LogP contribution in [-0.4, -0.2) is 29.5 Å². The van der Waals surface area contributed by atoms with E-state index in [0.717, 1.165) is 0 Å². The Kier molecular flexibility index (Phi) is 5.64. The van der Waals surface area contributed by atoms with Crippen LogP contribution < -0.4 is 5.73 Å². The maximum absolute atomic E-state index is 12.8. The Hall–Kier alpha value is -0.790. The minimum Gasteiger partial charge on any atom is -0.395 e. The first-order valence-corrected chi connectivity index (χ1v) is 6.59. The fourth-order valence-corrected chi connectivity index (χ4v) is 2.49. The molecule has 0 aliphatic heterocycles. The first-order valence-electron chi connectivity index (χ1n) is 5.61. The highest BCUT2D eigenvalue weighted by Gasteiger charge is 2.33. The maximum Gasteiger partial charge on any atom is 0.441 e. The quantitative estimate of drug-likeness (QED) is 0.794. The molecule has 2 nitrogen and oxygen atoms in total. The highest BCUT2D eigenvalue weighted by atomic mass is 32.2. The lowest BCUT2D eigenvalue weighted by molar-refractivity contribution is -0.0329. The van der Waals surface area contributed by atoms with E-state index >= 15 is 0 Å². The summed E-state index contributed by atoms with van der Waals surface area (Å²) in [7, 11) is 0. The highest BCUT2D eigenvalue weighted by Crippen LogP contribution is 2.35. The molecule has 0 radical (unpaired) electrons. The van der Waals surface area contributed by atoms with Crippen LogP contribution in [0.3, 0.4) is 0 Å². The number of nitrogens with two attached hydrogens (primary N) is 1. The van der Waals surface area contributed by atoms with E-state index in [4.69, 9.17) is 5.73 Å². The molecule has 1 atom stereocenters. The third-order valence-electron chi connectivity index (χ3n) is 3.00. The number of aliphatic hydroxyl groups excluding tert-OH is 1. The minimum atomic E-state index is -4.31. The summed E-state index contributed by atoms with van der Waals surface area (Å²) in [5.41, 5.74) is 0.864. The van der Waals surface area contributed by atoms with Crippen LogP contribution in [0.5, 0.6) is 0 Å². The summed E-state index contributed by atoms with van der Waals surface area (Å²) in [6.45, 7) is -0.388. The van der Waals surface area contributed by atoms with Gasteiger partial charge >= 0.3 is 5.51 Å². The maximum atomic E-state index is 12.8. The van der Waals surface area contributed by atoms with Gasteiger partial charge in [0.25, 0.3) is 0 Å². The number of hydrogen-bond donors (Lipinski definition) is 2. The Morgan fingerprint density at radius 1 is 1.16 bits per heavy atom. The molecule has 1 unspecified atom stereocenters. The predicted octanol–water partition coefficient (Wildman–Crippen LogP) is 2.66. The Morgan fingerprint density at radius 3 is 2.16 bits per heavy atom. The van der Waals surface area contributed by atoms with E-state index in [-0.39, 0.29) is 37.1 Å². The largest absolute Gasteiger partial charge is 0.441 e. The first-order chi connectivity index (χ1) is 8.83. The number of thioether (sulfide) groups is 1. The summed E-state index contributed by atoms with van der Waals surface area (Å²) in [4.78, 5) is 0. The van der Waals surface area contributed by atoms with Gasteiger partial charge in [-0.15, -0.1) is 0 Å². The van der Waals surface area contributed by atoms with Crippen LogP contribution in [-0.2, 0) is 5.41 Å². The second-order valence-electron chi connectivity index (χ2n) is 4.19. The number of aliphatic hydroxyl groups is 1. The van der Waals surface area contributed by atoms with Crippen molar-refractivity contribution in [1.29, 1.82) is 0 Å². The molecule has 108 valence electrons. The van der Waals surface area contributed by atoms with Gasteiger partial charge in [0.05, 0.1) is 6.61 Å². The van der Waals surface area contributed by atoms with E-state index in [1.165, 1.54) is 24.3 Å². The summed E-state index contributed by atoms with van der Waals surface area (Å²) in [6.07, 6.45) is 0.0653. The topological polar surface area (TPSA) is 46.2 Å². The third kappa shape index (κ3) is 4.67. The lowest BCUT2D eigenvalue weighted by Gasteiger charge is -2.31. The van der Waals surface area contributed by atoms with Gasteiger partial charge in [0.15, 0.2) is 0 Å². The lowest BCUT2D eigenvalue weighted by atomic mass is 9.79. The Labute approximate surface area is 113 Å². The smallest absolute Gasteiger partial charge is 0.395 e. The molecule has 0 aromatic heterocycles. The van der Waals surface area contributed by atoms with Gasteiger partial charge in [-0.25, -0.2) is 4.39 Å². The van der Waals surface area contributed by atoms with Gasteiger partial charge < -0.3 is 10.8 Å². The van der Waals surface area contributed by atoms with Crippen LogP contribution in [0, 0.1) is 5.82 Å². The van der Waals surface area contributed by atoms with E-state index in [1.54, 1.807) is 0 Å². The average molecular weight is 297 g/mol. The molecule has 19 heavy (non-hydrogen) atoms. The zero-order chi connectivity index (χ0) is 14.5. The first kappa shape index (κ1) is 16.3. The van der Waals surface area contributed by atoms with Gasteiger partial charge in [-0.1, -0.05) is 23.9 Å². The summed E-state index contributed by atoms with van der Waals surface area (Å²) in [5.74, 6) is -0.657. The molecule has 0 fully saturated rings. The van der Waals surface area contributed by atoms with Crippen LogP contribution in [0.2, 0.25) is 0 Å². The molecule has 0 saturated carbocycles. The molecule has 0 spiro atoms. The normalized spacial score (nSPS) is 15.3. The third-order valence-corrected chi connectivity index (χ3v) is 3.73. The molecule has 0 bridgehead atoms. The second-order valence-corrected chi connectivity index (χ2v) is 5.35. The zero-order valence-electron chi connectivity index (χ0n) is 10.1. The SMILES string of the molecule is NCC(CO)(CCSC(F)(F)F)c1ccc(F)cc1. The van der Waals surface area contributed by atoms with E-state index in [2.05, 4.69) is 0 Å². The number of rotatable bonds is 6. The molecule has 1 aromatic carbocycles. The average Bonchev–Trinajstić information content (AvgIpc) is 2.35. The number of halogens is 4. The molecule has 0 aliphatic rings. The Morgan fingerprint density at radius 2 is 1.74 bits per heavy atom. The standard InChI is InChI=1S/C12H15F4NOS/c13-10-3-1-9(2-4-10)11(7-17,8-18)5-6-19-12(14,15)16/h1-4,18H,5-8,17H2. The van der Waals surface area contributed by atoms with Gasteiger partial charge in [-0.05, 0) is 24.1 Å². The van der Waals surface area contributed by atoms with Gasteiger partial charge in [0, 0.05) is 17.7 Å². The predicted molar refractivity (Wildman–Crippen MR) is 67.3 cm³/mol.